The van der Waals surface area contributed by atoms with E-state index in [9.17, 15) is 0 Å². The van der Waals surface area contributed by atoms with Crippen molar-refractivity contribution in [3.63, 3.8) is 0 Å². The summed E-state index contributed by atoms with van der Waals surface area (Å²) in [5.41, 5.74) is 3.12. The Morgan fingerprint density at radius 2 is 2.00 bits per heavy atom. The fraction of sp³-hybridized carbons (Fsp3) is 1.00. The van der Waals surface area contributed by atoms with E-state index in [2.05, 4.69) is 10.4 Å². The molecule has 0 aromatic heterocycles. The topological polar surface area (TPSA) is 15.3 Å². The van der Waals surface area contributed by atoms with Crippen molar-refractivity contribution in [2.75, 3.05) is 31.6 Å². The Morgan fingerprint density at radius 3 is 2.38 bits per heavy atom. The summed E-state index contributed by atoms with van der Waals surface area (Å²) in [4.78, 5) is 0. The Morgan fingerprint density at radius 1 is 1.38 bits per heavy atom. The molecule has 8 heavy (non-hydrogen) atoms. The van der Waals surface area contributed by atoms with Crippen LogP contribution < -0.4 is 5.43 Å². The maximum Gasteiger partial charge on any atom is 0.0222 e. The van der Waals surface area contributed by atoms with E-state index >= 15 is 0 Å². The Kier molecular flexibility index (Phi) is 2.66. The summed E-state index contributed by atoms with van der Waals surface area (Å²) in [6.07, 6.45) is 0. The van der Waals surface area contributed by atoms with Crippen LogP contribution in [0.4, 0.5) is 0 Å². The van der Waals surface area contributed by atoms with Gasteiger partial charge in [0.15, 0.2) is 0 Å². The van der Waals surface area contributed by atoms with Gasteiger partial charge in [-0.05, 0) is 7.05 Å². The highest BCUT2D eigenvalue weighted by molar-refractivity contribution is 7.99. The van der Waals surface area contributed by atoms with Crippen LogP contribution in [0.25, 0.3) is 0 Å². The van der Waals surface area contributed by atoms with Crippen molar-refractivity contribution >= 4 is 11.8 Å². The molecule has 1 heterocycles. The van der Waals surface area contributed by atoms with Gasteiger partial charge in [0, 0.05) is 24.6 Å². The molecule has 0 bridgehead atoms. The molecule has 0 radical (unpaired) electrons. The molecule has 1 saturated heterocycles. The number of thioether (sulfide) groups is 1. The highest BCUT2D eigenvalue weighted by Gasteiger charge is 2.05. The first kappa shape index (κ1) is 6.39. The number of rotatable bonds is 1. The van der Waals surface area contributed by atoms with Gasteiger partial charge >= 0.3 is 0 Å². The van der Waals surface area contributed by atoms with Gasteiger partial charge in [0.25, 0.3) is 0 Å². The lowest BCUT2D eigenvalue weighted by Gasteiger charge is -2.24. The smallest absolute Gasteiger partial charge is 0.0222 e. The lowest BCUT2D eigenvalue weighted by atomic mass is 10.6. The largest absolute Gasteiger partial charge is 0.258 e. The van der Waals surface area contributed by atoms with E-state index in [4.69, 9.17) is 0 Å². The van der Waals surface area contributed by atoms with E-state index in [1.54, 1.807) is 0 Å². The van der Waals surface area contributed by atoms with Crippen LogP contribution in [0.3, 0.4) is 0 Å². The molecular weight excluding hydrogens is 120 g/mol. The van der Waals surface area contributed by atoms with Gasteiger partial charge in [-0.2, -0.15) is 11.8 Å². The Bertz CT molecular complexity index is 61.4. The zero-order valence-corrected chi connectivity index (χ0v) is 6.00. The predicted molar refractivity (Wildman–Crippen MR) is 38.0 cm³/mol. The van der Waals surface area contributed by atoms with Crippen LogP contribution in [0.15, 0.2) is 0 Å². The number of nitrogens with one attached hydrogen (secondary N) is 1. The number of nitrogens with zero attached hydrogens (tertiary/aromatic N) is 1. The molecule has 1 aliphatic rings. The third kappa shape index (κ3) is 1.65. The normalized spacial score (nSPS) is 23.6. The third-order valence-electron chi connectivity index (χ3n) is 1.33. The van der Waals surface area contributed by atoms with Crippen LogP contribution in [-0.2, 0) is 0 Å². The number of hydrogen-bond acceptors (Lipinski definition) is 3. The van der Waals surface area contributed by atoms with Gasteiger partial charge in [-0.15, -0.1) is 0 Å². The second kappa shape index (κ2) is 3.33. The molecule has 0 amide bonds. The maximum absolute atomic E-state index is 3.12. The van der Waals surface area contributed by atoms with Crippen LogP contribution in [0.1, 0.15) is 0 Å². The highest BCUT2D eigenvalue weighted by Crippen LogP contribution is 2.05. The first-order chi connectivity index (χ1) is 3.93. The Labute approximate surface area is 54.6 Å². The lowest BCUT2D eigenvalue weighted by Crippen LogP contribution is -2.41. The van der Waals surface area contributed by atoms with E-state index in [-0.39, 0.29) is 0 Å². The SMILES string of the molecule is CNN1CCSCC1. The van der Waals surface area contributed by atoms with Gasteiger partial charge in [0.2, 0.25) is 0 Å². The van der Waals surface area contributed by atoms with Crippen molar-refractivity contribution in [1.82, 2.24) is 10.4 Å². The second-order valence-electron chi connectivity index (χ2n) is 1.82. The molecule has 48 valence electrons. The summed E-state index contributed by atoms with van der Waals surface area (Å²) < 4.78 is 0. The van der Waals surface area contributed by atoms with Crippen LogP contribution >= 0.6 is 11.8 Å². The van der Waals surface area contributed by atoms with Gasteiger partial charge in [-0.3, -0.25) is 5.43 Å². The summed E-state index contributed by atoms with van der Waals surface area (Å²) in [6.45, 7) is 2.39. The van der Waals surface area contributed by atoms with Gasteiger partial charge < -0.3 is 0 Å². The van der Waals surface area contributed by atoms with Crippen LogP contribution in [0.2, 0.25) is 0 Å². The molecule has 0 unspecified atom stereocenters. The average Bonchev–Trinajstić information content (AvgIpc) is 1.90. The monoisotopic (exact) mass is 132 g/mol. The van der Waals surface area contributed by atoms with Gasteiger partial charge in [0.1, 0.15) is 0 Å². The fourth-order valence-electron chi connectivity index (χ4n) is 0.787. The summed E-state index contributed by atoms with van der Waals surface area (Å²) >= 11 is 2.03. The van der Waals surface area contributed by atoms with E-state index in [1.165, 1.54) is 24.6 Å². The first-order valence-electron chi connectivity index (χ1n) is 2.93. The van der Waals surface area contributed by atoms with E-state index in [0.717, 1.165) is 0 Å². The summed E-state index contributed by atoms with van der Waals surface area (Å²) in [5.74, 6) is 2.56. The minimum Gasteiger partial charge on any atom is -0.258 e. The molecule has 1 rings (SSSR count). The number of hydrogen-bond donors (Lipinski definition) is 1. The fourth-order valence-corrected chi connectivity index (χ4v) is 1.69. The summed E-state index contributed by atoms with van der Waals surface area (Å²) in [7, 11) is 1.98. The molecule has 2 nitrogen and oxygen atoms in total. The molecule has 0 saturated carbocycles. The lowest BCUT2D eigenvalue weighted by molar-refractivity contribution is 0.231. The van der Waals surface area contributed by atoms with Crippen molar-refractivity contribution in [1.29, 1.82) is 0 Å². The van der Waals surface area contributed by atoms with Crippen LogP contribution in [0.5, 0.6) is 0 Å². The maximum atomic E-state index is 3.12. The molecule has 1 N–H and O–H groups in total. The average molecular weight is 132 g/mol. The zero-order chi connectivity index (χ0) is 5.82. The van der Waals surface area contributed by atoms with Gasteiger partial charge in [0.05, 0.1) is 0 Å². The molecule has 3 heteroatoms. The van der Waals surface area contributed by atoms with Crippen LogP contribution in [-0.4, -0.2) is 36.7 Å². The predicted octanol–water partition coefficient (Wildman–Crippen LogP) is 0.170. The van der Waals surface area contributed by atoms with Gasteiger partial charge in [-0.1, -0.05) is 0 Å². The minimum atomic E-state index is 1.20. The van der Waals surface area contributed by atoms with Crippen molar-refractivity contribution in [2.24, 2.45) is 0 Å². The van der Waals surface area contributed by atoms with Crippen molar-refractivity contribution in [3.05, 3.63) is 0 Å². The third-order valence-corrected chi connectivity index (χ3v) is 2.27. The van der Waals surface area contributed by atoms with E-state index in [0.29, 0.717) is 0 Å². The molecule has 1 fully saturated rings. The van der Waals surface area contributed by atoms with Crippen molar-refractivity contribution in [3.8, 4) is 0 Å². The quantitative estimate of drug-likeness (QED) is 0.547. The molecule has 0 aliphatic carbocycles. The molecule has 0 aromatic rings. The molecular formula is C5H12N2S. The summed E-state index contributed by atoms with van der Waals surface area (Å²) in [5, 5.41) is 2.25. The van der Waals surface area contributed by atoms with Crippen molar-refractivity contribution < 1.29 is 0 Å². The minimum absolute atomic E-state index is 1.20. The number of hydrazine groups is 1. The highest BCUT2D eigenvalue weighted by atomic mass is 32.2. The van der Waals surface area contributed by atoms with Crippen molar-refractivity contribution in [2.45, 2.75) is 0 Å². The van der Waals surface area contributed by atoms with E-state index < -0.39 is 0 Å². The second-order valence-corrected chi connectivity index (χ2v) is 3.05. The Balaban J connectivity index is 2.13. The standard InChI is InChI=1S/C5H12N2S/c1-6-7-2-4-8-5-3-7/h6H,2-5H2,1H3. The molecule has 0 spiro atoms. The summed E-state index contributed by atoms with van der Waals surface area (Å²) in [6, 6.07) is 0. The first-order valence-corrected chi connectivity index (χ1v) is 4.09. The molecule has 0 atom stereocenters. The Hall–Kier alpha value is 0.270. The molecule has 1 aliphatic heterocycles. The zero-order valence-electron chi connectivity index (χ0n) is 5.18. The van der Waals surface area contributed by atoms with E-state index in [1.807, 2.05) is 18.8 Å². The molecule has 0 aromatic carbocycles. The van der Waals surface area contributed by atoms with Crippen LogP contribution in [0, 0.1) is 0 Å². The van der Waals surface area contributed by atoms with Gasteiger partial charge in [-0.25, -0.2) is 5.01 Å².